The summed E-state index contributed by atoms with van der Waals surface area (Å²) in [5.74, 6) is -1.73. The van der Waals surface area contributed by atoms with Crippen LogP contribution in [0, 0.1) is 0 Å². The molecule has 2 aromatic rings. The zero-order valence-electron chi connectivity index (χ0n) is 16.1. The maximum atomic E-state index is 11.7. The first kappa shape index (κ1) is 20.4. The summed E-state index contributed by atoms with van der Waals surface area (Å²) in [5, 5.41) is 0. The van der Waals surface area contributed by atoms with Gasteiger partial charge >= 0.3 is 17.9 Å². The van der Waals surface area contributed by atoms with Crippen LogP contribution in [-0.4, -0.2) is 62.3 Å². The first-order valence-corrected chi connectivity index (χ1v) is 8.75. The molecule has 11 heteroatoms. The van der Waals surface area contributed by atoms with Crippen molar-refractivity contribution in [3.05, 3.63) is 24.9 Å². The molecule has 0 spiro atoms. The number of esters is 3. The van der Waals surface area contributed by atoms with E-state index < -0.39 is 42.4 Å². The van der Waals surface area contributed by atoms with E-state index in [-0.39, 0.29) is 6.61 Å². The molecule has 1 saturated heterocycles. The van der Waals surface area contributed by atoms with Crippen molar-refractivity contribution >= 4 is 35.1 Å². The van der Waals surface area contributed by atoms with Crippen molar-refractivity contribution in [2.75, 3.05) is 6.61 Å². The lowest BCUT2D eigenvalue weighted by Crippen LogP contribution is -2.40. The van der Waals surface area contributed by atoms with Crippen molar-refractivity contribution in [3.63, 3.8) is 0 Å². The summed E-state index contributed by atoms with van der Waals surface area (Å²) in [4.78, 5) is 47.2. The SMILES string of the molecule is C=Cc1ncnc2c1ncn2C1OC(COC(C)=O)C(OC(C)=O)C1OC(C)=O. The molecule has 0 saturated carbocycles. The lowest BCUT2D eigenvalue weighted by Gasteiger charge is -2.23. The molecular weight excluding hydrogens is 384 g/mol. The van der Waals surface area contributed by atoms with E-state index in [1.54, 1.807) is 4.57 Å². The molecule has 3 heterocycles. The minimum absolute atomic E-state index is 0.193. The zero-order valence-corrected chi connectivity index (χ0v) is 16.1. The van der Waals surface area contributed by atoms with E-state index in [1.807, 2.05) is 0 Å². The van der Waals surface area contributed by atoms with Gasteiger partial charge in [0.15, 0.2) is 24.1 Å². The minimum Gasteiger partial charge on any atom is -0.463 e. The van der Waals surface area contributed by atoms with Gasteiger partial charge in [0.05, 0.1) is 12.0 Å². The number of ether oxygens (including phenoxy) is 4. The highest BCUT2D eigenvalue weighted by Crippen LogP contribution is 2.36. The van der Waals surface area contributed by atoms with Crippen molar-refractivity contribution in [2.45, 2.75) is 45.3 Å². The van der Waals surface area contributed by atoms with E-state index in [2.05, 4.69) is 21.5 Å². The molecule has 4 atom stereocenters. The lowest BCUT2D eigenvalue weighted by atomic mass is 10.1. The lowest BCUT2D eigenvalue weighted by molar-refractivity contribution is -0.166. The molecule has 154 valence electrons. The number of imidazole rings is 1. The van der Waals surface area contributed by atoms with Gasteiger partial charge in [0.1, 0.15) is 24.6 Å². The molecule has 0 radical (unpaired) electrons. The highest BCUT2D eigenvalue weighted by molar-refractivity contribution is 5.79. The van der Waals surface area contributed by atoms with Gasteiger partial charge in [0.2, 0.25) is 0 Å². The average molecular weight is 404 g/mol. The van der Waals surface area contributed by atoms with Crippen LogP contribution in [0.5, 0.6) is 0 Å². The van der Waals surface area contributed by atoms with Crippen LogP contribution in [0.3, 0.4) is 0 Å². The van der Waals surface area contributed by atoms with Gasteiger partial charge in [-0.3, -0.25) is 19.0 Å². The molecule has 1 aliphatic rings. The monoisotopic (exact) mass is 404 g/mol. The Morgan fingerprint density at radius 2 is 1.79 bits per heavy atom. The summed E-state index contributed by atoms with van der Waals surface area (Å²) in [6.07, 6.45) is 0.512. The second-order valence-corrected chi connectivity index (χ2v) is 6.30. The van der Waals surface area contributed by atoms with E-state index in [0.29, 0.717) is 16.9 Å². The molecule has 11 nitrogen and oxygen atoms in total. The summed E-state index contributed by atoms with van der Waals surface area (Å²) < 4.78 is 23.3. The van der Waals surface area contributed by atoms with Crippen molar-refractivity contribution < 1.29 is 33.3 Å². The summed E-state index contributed by atoms with van der Waals surface area (Å²) in [5.41, 5.74) is 1.40. The largest absolute Gasteiger partial charge is 0.463 e. The van der Waals surface area contributed by atoms with Crippen LogP contribution in [0.15, 0.2) is 19.2 Å². The highest BCUT2D eigenvalue weighted by Gasteiger charge is 2.51. The van der Waals surface area contributed by atoms with Gasteiger partial charge in [-0.2, -0.15) is 0 Å². The van der Waals surface area contributed by atoms with Gasteiger partial charge in [-0.1, -0.05) is 6.58 Å². The molecule has 0 amide bonds. The predicted octanol–water partition coefficient (Wildman–Crippen LogP) is 0.793. The topological polar surface area (TPSA) is 132 Å². The molecule has 0 bridgehead atoms. The summed E-state index contributed by atoms with van der Waals surface area (Å²) in [6, 6.07) is 0. The van der Waals surface area contributed by atoms with E-state index in [0.717, 1.165) is 0 Å². The average Bonchev–Trinajstić information content (AvgIpc) is 3.21. The Morgan fingerprint density at radius 3 is 2.41 bits per heavy atom. The zero-order chi connectivity index (χ0) is 21.1. The van der Waals surface area contributed by atoms with Crippen LogP contribution >= 0.6 is 0 Å². The number of nitrogens with zero attached hydrogens (tertiary/aromatic N) is 4. The molecule has 3 rings (SSSR count). The molecule has 0 aromatic carbocycles. The molecular formula is C18H20N4O7. The third-order valence-corrected chi connectivity index (χ3v) is 4.20. The van der Waals surface area contributed by atoms with Gasteiger partial charge in [-0.25, -0.2) is 15.0 Å². The third kappa shape index (κ3) is 4.24. The van der Waals surface area contributed by atoms with Gasteiger partial charge in [0, 0.05) is 20.8 Å². The molecule has 0 N–H and O–H groups in total. The van der Waals surface area contributed by atoms with Crippen LogP contribution in [0.25, 0.3) is 17.2 Å². The number of hydrogen-bond donors (Lipinski definition) is 0. The van der Waals surface area contributed by atoms with E-state index in [1.165, 1.54) is 39.5 Å². The van der Waals surface area contributed by atoms with E-state index >= 15 is 0 Å². The Balaban J connectivity index is 2.03. The Hall–Kier alpha value is -3.34. The molecule has 4 unspecified atom stereocenters. The highest BCUT2D eigenvalue weighted by atomic mass is 16.7. The second kappa shape index (κ2) is 8.35. The first-order valence-electron chi connectivity index (χ1n) is 8.75. The quantitative estimate of drug-likeness (QED) is 0.503. The second-order valence-electron chi connectivity index (χ2n) is 6.30. The maximum Gasteiger partial charge on any atom is 0.303 e. The Kier molecular flexibility index (Phi) is 5.87. The number of rotatable bonds is 6. The summed E-state index contributed by atoms with van der Waals surface area (Å²) in [7, 11) is 0. The van der Waals surface area contributed by atoms with Crippen LogP contribution in [0.4, 0.5) is 0 Å². The third-order valence-electron chi connectivity index (χ3n) is 4.20. The fourth-order valence-electron chi connectivity index (χ4n) is 3.12. The van der Waals surface area contributed by atoms with E-state index in [9.17, 15) is 14.4 Å². The molecule has 1 aliphatic heterocycles. The molecule has 2 aromatic heterocycles. The van der Waals surface area contributed by atoms with Gasteiger partial charge < -0.3 is 18.9 Å². The summed E-state index contributed by atoms with van der Waals surface area (Å²) in [6.45, 7) is 7.19. The van der Waals surface area contributed by atoms with Crippen molar-refractivity contribution in [2.24, 2.45) is 0 Å². The summed E-state index contributed by atoms with van der Waals surface area (Å²) >= 11 is 0. The van der Waals surface area contributed by atoms with Gasteiger partial charge in [-0.15, -0.1) is 0 Å². The number of carbonyl (C=O) groups excluding carboxylic acids is 3. The normalized spacial score (nSPS) is 23.6. The standard InChI is InChI=1S/C18H20N4O7/c1-5-12-14-17(20-7-19-12)22(8-21-14)18-16(28-11(4)25)15(27-10(3)24)13(29-18)6-26-9(2)23/h5,7-8,13,15-16,18H,1,6H2,2-4H3. The predicted molar refractivity (Wildman–Crippen MR) is 97.1 cm³/mol. The van der Waals surface area contributed by atoms with Crippen LogP contribution in [-0.2, 0) is 33.3 Å². The van der Waals surface area contributed by atoms with Crippen LogP contribution in [0.2, 0.25) is 0 Å². The Labute approximate surface area is 165 Å². The molecule has 1 fully saturated rings. The fraction of sp³-hybridized carbons (Fsp3) is 0.444. The first-order chi connectivity index (χ1) is 13.8. The number of carbonyl (C=O) groups is 3. The smallest absolute Gasteiger partial charge is 0.303 e. The van der Waals surface area contributed by atoms with Crippen molar-refractivity contribution in [3.8, 4) is 0 Å². The van der Waals surface area contributed by atoms with Crippen molar-refractivity contribution in [1.29, 1.82) is 0 Å². The van der Waals surface area contributed by atoms with Crippen LogP contribution in [0.1, 0.15) is 32.7 Å². The minimum atomic E-state index is -1.02. The maximum absolute atomic E-state index is 11.7. The van der Waals surface area contributed by atoms with Gasteiger partial charge in [0.25, 0.3) is 0 Å². The Morgan fingerprint density at radius 1 is 1.10 bits per heavy atom. The van der Waals surface area contributed by atoms with Crippen molar-refractivity contribution in [1.82, 2.24) is 19.5 Å². The Bertz CT molecular complexity index is 957. The van der Waals surface area contributed by atoms with Gasteiger partial charge in [-0.05, 0) is 6.08 Å². The van der Waals surface area contributed by atoms with Crippen LogP contribution < -0.4 is 0 Å². The molecule has 29 heavy (non-hydrogen) atoms. The number of aromatic nitrogens is 4. The number of hydrogen-bond acceptors (Lipinski definition) is 10. The fourth-order valence-corrected chi connectivity index (χ4v) is 3.12. The molecule has 0 aliphatic carbocycles. The van der Waals surface area contributed by atoms with E-state index in [4.69, 9.17) is 18.9 Å². The number of fused-ring (bicyclic) bond motifs is 1.